The molecule has 0 heterocycles. The van der Waals surface area contributed by atoms with Crippen molar-refractivity contribution in [2.45, 2.75) is 48.1 Å². The van der Waals surface area contributed by atoms with Gasteiger partial charge in [0.1, 0.15) is 12.4 Å². The van der Waals surface area contributed by atoms with Gasteiger partial charge < -0.3 is 9.57 Å². The van der Waals surface area contributed by atoms with Crippen molar-refractivity contribution in [3.05, 3.63) is 63.2 Å². The number of hydrogen-bond acceptors (Lipinski definition) is 3. The highest BCUT2D eigenvalue weighted by Crippen LogP contribution is 2.26. The molecule has 3 nitrogen and oxygen atoms in total. The smallest absolute Gasteiger partial charge is 0.142 e. The molecule has 0 amide bonds. The molecule has 0 radical (unpaired) electrons. The summed E-state index contributed by atoms with van der Waals surface area (Å²) < 4.78 is 5.18. The monoisotopic (exact) mass is 325 g/mol. The van der Waals surface area contributed by atoms with Gasteiger partial charge in [-0.15, -0.1) is 0 Å². The molecular weight excluding hydrogens is 298 g/mol. The Morgan fingerprint density at radius 1 is 0.833 bits per heavy atom. The van der Waals surface area contributed by atoms with E-state index in [9.17, 15) is 0 Å². The van der Waals surface area contributed by atoms with E-state index < -0.39 is 0 Å². The molecule has 2 aromatic carbocycles. The normalized spacial score (nSPS) is 11.5. The Labute approximate surface area is 145 Å². The van der Waals surface area contributed by atoms with Crippen LogP contribution in [0.4, 0.5) is 0 Å². The lowest BCUT2D eigenvalue weighted by molar-refractivity contribution is 0.129. The van der Waals surface area contributed by atoms with E-state index in [-0.39, 0.29) is 0 Å². The lowest BCUT2D eigenvalue weighted by atomic mass is 9.90. The Hall–Kier alpha value is -2.29. The maximum atomic E-state index is 5.66. The Morgan fingerprint density at radius 3 is 1.83 bits per heavy atom. The van der Waals surface area contributed by atoms with E-state index in [1.165, 1.54) is 33.4 Å². The van der Waals surface area contributed by atoms with Crippen molar-refractivity contribution in [3.8, 4) is 5.75 Å². The number of methoxy groups -OCH3 is 1. The van der Waals surface area contributed by atoms with Crippen LogP contribution < -0.4 is 4.74 Å². The van der Waals surface area contributed by atoms with Gasteiger partial charge in [-0.2, -0.15) is 0 Å². The summed E-state index contributed by atoms with van der Waals surface area (Å²) >= 11 is 0. The molecule has 0 unspecified atom stereocenters. The molecule has 0 atom stereocenters. The predicted octanol–water partition coefficient (Wildman–Crippen LogP) is 5.18. The van der Waals surface area contributed by atoms with Gasteiger partial charge in [-0.1, -0.05) is 5.16 Å². The zero-order valence-corrected chi connectivity index (χ0v) is 15.8. The quantitative estimate of drug-likeness (QED) is 0.560. The second kappa shape index (κ2) is 7.52. The third-order valence-electron chi connectivity index (χ3n) is 5.07. The largest absolute Gasteiger partial charge is 0.497 e. The summed E-state index contributed by atoms with van der Waals surface area (Å²) in [5.74, 6) is 0.837. The molecule has 0 aliphatic carbocycles. The molecule has 2 rings (SSSR count). The molecule has 128 valence electrons. The number of oxime groups is 1. The van der Waals surface area contributed by atoms with Gasteiger partial charge in [-0.05, 0) is 105 Å². The lowest BCUT2D eigenvalue weighted by Gasteiger charge is -2.18. The van der Waals surface area contributed by atoms with Gasteiger partial charge >= 0.3 is 0 Å². The minimum absolute atomic E-state index is 0.493. The highest BCUT2D eigenvalue weighted by molar-refractivity contribution is 5.98. The van der Waals surface area contributed by atoms with Crippen molar-refractivity contribution in [2.75, 3.05) is 7.11 Å². The SMILES string of the molecule is COc1ccc(/C(C)=N\OCc2c(C)c(C)c(C)c(C)c2C)cc1. The molecule has 24 heavy (non-hydrogen) atoms. The van der Waals surface area contributed by atoms with Crippen LogP contribution in [0.1, 0.15) is 45.9 Å². The zero-order valence-electron chi connectivity index (χ0n) is 15.8. The number of hydrogen-bond donors (Lipinski definition) is 0. The predicted molar refractivity (Wildman–Crippen MR) is 100 cm³/mol. The minimum atomic E-state index is 0.493. The molecule has 0 bridgehead atoms. The fourth-order valence-corrected chi connectivity index (χ4v) is 2.87. The van der Waals surface area contributed by atoms with Crippen LogP contribution in [0.3, 0.4) is 0 Å². The third kappa shape index (κ3) is 3.61. The summed E-state index contributed by atoms with van der Waals surface area (Å²) in [6.45, 7) is 13.3. The van der Waals surface area contributed by atoms with Crippen LogP contribution in [0, 0.1) is 34.6 Å². The first-order valence-corrected chi connectivity index (χ1v) is 8.23. The Morgan fingerprint density at radius 2 is 1.33 bits per heavy atom. The van der Waals surface area contributed by atoms with Crippen LogP contribution in [0.25, 0.3) is 0 Å². The van der Waals surface area contributed by atoms with Gasteiger partial charge in [0.15, 0.2) is 0 Å². The Bertz CT molecular complexity index is 729. The first kappa shape index (κ1) is 18.1. The van der Waals surface area contributed by atoms with E-state index >= 15 is 0 Å². The van der Waals surface area contributed by atoms with Crippen LogP contribution in [0.5, 0.6) is 5.75 Å². The van der Waals surface area contributed by atoms with Crippen LogP contribution >= 0.6 is 0 Å². The lowest BCUT2D eigenvalue weighted by Crippen LogP contribution is -2.04. The van der Waals surface area contributed by atoms with Crippen molar-refractivity contribution < 1.29 is 9.57 Å². The van der Waals surface area contributed by atoms with Gasteiger partial charge in [0.2, 0.25) is 0 Å². The number of ether oxygens (including phenoxy) is 1. The topological polar surface area (TPSA) is 30.8 Å². The molecule has 0 saturated heterocycles. The number of rotatable bonds is 5. The summed E-state index contributed by atoms with van der Waals surface area (Å²) in [5.41, 5.74) is 9.77. The highest BCUT2D eigenvalue weighted by atomic mass is 16.6. The van der Waals surface area contributed by atoms with Crippen LogP contribution in [0.2, 0.25) is 0 Å². The second-order valence-corrected chi connectivity index (χ2v) is 6.28. The summed E-state index contributed by atoms with van der Waals surface area (Å²) in [6.07, 6.45) is 0. The van der Waals surface area contributed by atoms with Gasteiger partial charge in [-0.3, -0.25) is 0 Å². The fourth-order valence-electron chi connectivity index (χ4n) is 2.87. The fraction of sp³-hybridized carbons (Fsp3) is 0.381. The van der Waals surface area contributed by atoms with E-state index in [4.69, 9.17) is 9.57 Å². The molecule has 0 fully saturated rings. The zero-order chi connectivity index (χ0) is 17.9. The molecule has 0 saturated carbocycles. The van der Waals surface area contributed by atoms with E-state index in [0.29, 0.717) is 6.61 Å². The van der Waals surface area contributed by atoms with Crippen LogP contribution in [-0.4, -0.2) is 12.8 Å². The summed E-state index contributed by atoms with van der Waals surface area (Å²) in [7, 11) is 1.66. The molecule has 3 heteroatoms. The van der Waals surface area contributed by atoms with Gasteiger partial charge in [0.05, 0.1) is 12.8 Å². The van der Waals surface area contributed by atoms with Crippen LogP contribution in [0.15, 0.2) is 29.4 Å². The maximum Gasteiger partial charge on any atom is 0.142 e. The number of benzene rings is 2. The van der Waals surface area contributed by atoms with Crippen molar-refractivity contribution >= 4 is 5.71 Å². The van der Waals surface area contributed by atoms with Crippen molar-refractivity contribution in [2.24, 2.45) is 5.16 Å². The van der Waals surface area contributed by atoms with Gasteiger partial charge in [0.25, 0.3) is 0 Å². The second-order valence-electron chi connectivity index (χ2n) is 6.28. The molecule has 2 aromatic rings. The van der Waals surface area contributed by atoms with E-state index in [2.05, 4.69) is 39.8 Å². The van der Waals surface area contributed by atoms with E-state index in [0.717, 1.165) is 17.0 Å². The van der Waals surface area contributed by atoms with Crippen molar-refractivity contribution in [3.63, 3.8) is 0 Å². The Balaban J connectivity index is 2.16. The Kier molecular flexibility index (Phi) is 5.66. The number of nitrogens with zero attached hydrogens (tertiary/aromatic N) is 1. The average molecular weight is 325 g/mol. The van der Waals surface area contributed by atoms with E-state index in [1.54, 1.807) is 7.11 Å². The average Bonchev–Trinajstić information content (AvgIpc) is 2.61. The molecule has 0 aromatic heterocycles. The summed E-state index contributed by atoms with van der Waals surface area (Å²) in [5, 5.41) is 4.28. The molecule has 0 aliphatic heterocycles. The summed E-state index contributed by atoms with van der Waals surface area (Å²) in [6, 6.07) is 7.82. The van der Waals surface area contributed by atoms with Gasteiger partial charge in [0, 0.05) is 0 Å². The van der Waals surface area contributed by atoms with Crippen LogP contribution in [-0.2, 0) is 11.4 Å². The highest BCUT2D eigenvalue weighted by Gasteiger charge is 2.12. The van der Waals surface area contributed by atoms with Gasteiger partial charge in [-0.25, -0.2) is 0 Å². The third-order valence-corrected chi connectivity index (χ3v) is 5.07. The maximum absolute atomic E-state index is 5.66. The first-order valence-electron chi connectivity index (χ1n) is 8.23. The molecule has 0 N–H and O–H groups in total. The minimum Gasteiger partial charge on any atom is -0.497 e. The standard InChI is InChI=1S/C21H27NO2/c1-13-14(2)16(4)21(17(5)15(13)3)12-24-22-18(6)19-8-10-20(23-7)11-9-19/h8-11H,12H2,1-7H3/b22-18-. The molecular formula is C21H27NO2. The summed E-state index contributed by atoms with van der Waals surface area (Å²) in [4.78, 5) is 5.66. The molecule has 0 aliphatic rings. The van der Waals surface area contributed by atoms with Crippen molar-refractivity contribution in [1.82, 2.24) is 0 Å². The molecule has 0 spiro atoms. The first-order chi connectivity index (χ1) is 11.4. The van der Waals surface area contributed by atoms with E-state index in [1.807, 2.05) is 31.2 Å². The van der Waals surface area contributed by atoms with Crippen molar-refractivity contribution in [1.29, 1.82) is 0 Å².